The van der Waals surface area contributed by atoms with Crippen LogP contribution in [-0.2, 0) is 16.4 Å². The van der Waals surface area contributed by atoms with Crippen LogP contribution < -0.4 is 16.2 Å². The molecule has 0 radical (unpaired) electrons. The lowest BCUT2D eigenvalue weighted by molar-refractivity contribution is 0.598. The molecule has 7 heteroatoms. The van der Waals surface area contributed by atoms with Crippen LogP contribution in [0.1, 0.15) is 5.56 Å². The van der Waals surface area contributed by atoms with Gasteiger partial charge in [-0.3, -0.25) is 0 Å². The normalized spacial score (nSPS) is 11.2. The number of rotatable bonds is 5. The summed E-state index contributed by atoms with van der Waals surface area (Å²) in [5.41, 5.74) is 7.31. The van der Waals surface area contributed by atoms with Gasteiger partial charge >= 0.3 is 0 Å². The van der Waals surface area contributed by atoms with Crippen molar-refractivity contribution in [3.8, 4) is 0 Å². The van der Waals surface area contributed by atoms with E-state index in [2.05, 4.69) is 10.3 Å². The van der Waals surface area contributed by atoms with Crippen molar-refractivity contribution in [2.45, 2.75) is 11.3 Å². The summed E-state index contributed by atoms with van der Waals surface area (Å²) in [7, 11) is -3.63. The third-order valence-corrected chi connectivity index (χ3v) is 3.68. The van der Waals surface area contributed by atoms with E-state index in [0.29, 0.717) is 18.1 Å². The van der Waals surface area contributed by atoms with Gasteiger partial charge in [-0.2, -0.15) is 0 Å². The van der Waals surface area contributed by atoms with Crippen molar-refractivity contribution < 1.29 is 8.42 Å². The predicted molar refractivity (Wildman–Crippen MR) is 78.7 cm³/mol. The number of nitrogens with zero attached hydrogens (tertiary/aromatic N) is 1. The third kappa shape index (κ3) is 3.94. The Morgan fingerprint density at radius 2 is 1.85 bits per heavy atom. The van der Waals surface area contributed by atoms with E-state index in [1.807, 2.05) is 0 Å². The fourth-order valence-corrected chi connectivity index (χ4v) is 2.24. The Bertz CT molecular complexity index is 684. The summed E-state index contributed by atoms with van der Waals surface area (Å²) >= 11 is 0. The fraction of sp³-hybridized carbons (Fsp3) is 0.154. The number of aromatic nitrogens is 1. The Labute approximate surface area is 117 Å². The van der Waals surface area contributed by atoms with Crippen LogP contribution in [-0.4, -0.2) is 19.9 Å². The number of sulfonamides is 1. The number of anilines is 2. The molecule has 0 aliphatic heterocycles. The summed E-state index contributed by atoms with van der Waals surface area (Å²) in [6.45, 7) is 0.672. The first kappa shape index (κ1) is 14.3. The van der Waals surface area contributed by atoms with E-state index in [0.717, 1.165) is 12.0 Å². The van der Waals surface area contributed by atoms with Crippen LogP contribution in [0, 0.1) is 0 Å². The molecule has 6 nitrogen and oxygen atoms in total. The number of hydrogen-bond acceptors (Lipinski definition) is 5. The molecule has 0 aliphatic rings. The topological polar surface area (TPSA) is 111 Å². The Morgan fingerprint density at radius 3 is 2.45 bits per heavy atom. The highest BCUT2D eigenvalue weighted by molar-refractivity contribution is 7.89. The summed E-state index contributed by atoms with van der Waals surface area (Å²) in [6.07, 6.45) is 2.37. The van der Waals surface area contributed by atoms with Crippen LogP contribution in [0.3, 0.4) is 0 Å². The fourth-order valence-electron chi connectivity index (χ4n) is 1.72. The van der Waals surface area contributed by atoms with Gasteiger partial charge in [0, 0.05) is 24.5 Å². The number of nitrogens with two attached hydrogens (primary N) is 2. The standard InChI is InChI=1S/C13H16N4O2S/c14-11-6-8-17-13(9-11)16-7-5-10-1-3-12(4-2-10)20(15,18)19/h1-4,6,8-9H,5,7H2,(H3,14,16,17)(H2,15,18,19). The van der Waals surface area contributed by atoms with E-state index in [1.54, 1.807) is 30.5 Å². The van der Waals surface area contributed by atoms with Gasteiger partial charge in [-0.25, -0.2) is 18.5 Å². The van der Waals surface area contributed by atoms with Crippen molar-refractivity contribution in [1.82, 2.24) is 4.98 Å². The van der Waals surface area contributed by atoms with Crippen molar-refractivity contribution in [1.29, 1.82) is 0 Å². The largest absolute Gasteiger partial charge is 0.399 e. The molecule has 0 atom stereocenters. The molecule has 0 aliphatic carbocycles. The molecule has 106 valence electrons. The number of nitrogens with one attached hydrogen (secondary N) is 1. The summed E-state index contributed by atoms with van der Waals surface area (Å²) in [6, 6.07) is 9.97. The first-order valence-electron chi connectivity index (χ1n) is 6.02. The van der Waals surface area contributed by atoms with Crippen LogP contribution in [0.25, 0.3) is 0 Å². The van der Waals surface area contributed by atoms with Crippen LogP contribution in [0.4, 0.5) is 11.5 Å². The zero-order valence-electron chi connectivity index (χ0n) is 10.8. The van der Waals surface area contributed by atoms with Crippen LogP contribution >= 0.6 is 0 Å². The molecule has 0 fully saturated rings. The van der Waals surface area contributed by atoms with Crippen molar-refractivity contribution in [2.75, 3.05) is 17.6 Å². The number of pyridine rings is 1. The molecule has 5 N–H and O–H groups in total. The molecular weight excluding hydrogens is 276 g/mol. The number of nitrogen functional groups attached to an aromatic ring is 1. The Hall–Kier alpha value is -2.12. The van der Waals surface area contributed by atoms with Crippen molar-refractivity contribution in [2.24, 2.45) is 5.14 Å². The quantitative estimate of drug-likeness (QED) is 0.760. The second-order valence-electron chi connectivity index (χ2n) is 4.34. The molecule has 2 aromatic rings. The van der Waals surface area contributed by atoms with Gasteiger partial charge in [-0.15, -0.1) is 0 Å². The summed E-state index contributed by atoms with van der Waals surface area (Å²) < 4.78 is 22.2. The van der Waals surface area contributed by atoms with E-state index in [4.69, 9.17) is 10.9 Å². The van der Waals surface area contributed by atoms with E-state index in [1.165, 1.54) is 12.1 Å². The molecule has 0 spiro atoms. The lowest BCUT2D eigenvalue weighted by Gasteiger charge is -2.06. The maximum atomic E-state index is 11.1. The Morgan fingerprint density at radius 1 is 1.15 bits per heavy atom. The number of hydrogen-bond donors (Lipinski definition) is 3. The highest BCUT2D eigenvalue weighted by Crippen LogP contribution is 2.11. The molecule has 0 bridgehead atoms. The summed E-state index contributed by atoms with van der Waals surface area (Å²) in [4.78, 5) is 4.25. The molecule has 0 unspecified atom stereocenters. The summed E-state index contributed by atoms with van der Waals surface area (Å²) in [5, 5.41) is 8.18. The van der Waals surface area contributed by atoms with E-state index in [-0.39, 0.29) is 4.90 Å². The smallest absolute Gasteiger partial charge is 0.238 e. The average Bonchev–Trinajstić information content (AvgIpc) is 2.38. The summed E-state index contributed by atoms with van der Waals surface area (Å²) in [5.74, 6) is 0.714. The third-order valence-electron chi connectivity index (χ3n) is 2.76. The van der Waals surface area contributed by atoms with Gasteiger partial charge in [-0.05, 0) is 30.2 Å². The molecule has 0 amide bonds. The molecule has 1 aromatic heterocycles. The number of benzene rings is 1. The molecule has 1 heterocycles. The minimum atomic E-state index is -3.63. The van der Waals surface area contributed by atoms with Crippen molar-refractivity contribution >= 4 is 21.5 Å². The molecule has 2 rings (SSSR count). The van der Waals surface area contributed by atoms with Crippen molar-refractivity contribution in [3.05, 3.63) is 48.2 Å². The first-order valence-corrected chi connectivity index (χ1v) is 7.57. The second kappa shape index (κ2) is 5.89. The zero-order chi connectivity index (χ0) is 14.6. The first-order chi connectivity index (χ1) is 9.45. The predicted octanol–water partition coefficient (Wildman–Crippen LogP) is 0.966. The average molecular weight is 292 g/mol. The van der Waals surface area contributed by atoms with E-state index in [9.17, 15) is 8.42 Å². The van der Waals surface area contributed by atoms with Gasteiger partial charge < -0.3 is 11.1 Å². The minimum Gasteiger partial charge on any atom is -0.399 e. The highest BCUT2D eigenvalue weighted by Gasteiger charge is 2.06. The van der Waals surface area contributed by atoms with Crippen LogP contribution in [0.15, 0.2) is 47.5 Å². The second-order valence-corrected chi connectivity index (χ2v) is 5.90. The molecule has 20 heavy (non-hydrogen) atoms. The maximum absolute atomic E-state index is 11.1. The monoisotopic (exact) mass is 292 g/mol. The van der Waals surface area contributed by atoms with Crippen LogP contribution in [0.2, 0.25) is 0 Å². The van der Waals surface area contributed by atoms with Gasteiger partial charge in [0.05, 0.1) is 4.90 Å². The molecular formula is C13H16N4O2S. The Kier molecular flexibility index (Phi) is 4.21. The molecule has 1 aromatic carbocycles. The lowest BCUT2D eigenvalue weighted by Crippen LogP contribution is -2.12. The minimum absolute atomic E-state index is 0.117. The van der Waals surface area contributed by atoms with Crippen molar-refractivity contribution in [3.63, 3.8) is 0 Å². The highest BCUT2D eigenvalue weighted by atomic mass is 32.2. The van der Waals surface area contributed by atoms with Gasteiger partial charge in [0.15, 0.2) is 0 Å². The number of primary sulfonamides is 1. The van der Waals surface area contributed by atoms with E-state index < -0.39 is 10.0 Å². The van der Waals surface area contributed by atoms with Gasteiger partial charge in [0.1, 0.15) is 5.82 Å². The van der Waals surface area contributed by atoms with Gasteiger partial charge in [-0.1, -0.05) is 12.1 Å². The van der Waals surface area contributed by atoms with E-state index >= 15 is 0 Å². The van der Waals surface area contributed by atoms with Gasteiger partial charge in [0.25, 0.3) is 0 Å². The molecule has 0 saturated heterocycles. The lowest BCUT2D eigenvalue weighted by atomic mass is 10.1. The zero-order valence-corrected chi connectivity index (χ0v) is 11.6. The molecule has 0 saturated carbocycles. The maximum Gasteiger partial charge on any atom is 0.238 e. The van der Waals surface area contributed by atoms with Gasteiger partial charge in [0.2, 0.25) is 10.0 Å². The Balaban J connectivity index is 1.92. The SMILES string of the molecule is Nc1ccnc(NCCc2ccc(S(N)(=O)=O)cc2)c1. The van der Waals surface area contributed by atoms with Crippen LogP contribution in [0.5, 0.6) is 0 Å².